The summed E-state index contributed by atoms with van der Waals surface area (Å²) >= 11 is 0. The molecule has 1 aromatic heterocycles. The van der Waals surface area contributed by atoms with E-state index < -0.39 is 29.7 Å². The van der Waals surface area contributed by atoms with Crippen molar-refractivity contribution in [3.8, 4) is 11.3 Å². The van der Waals surface area contributed by atoms with Crippen molar-refractivity contribution in [2.75, 3.05) is 32.8 Å². The minimum atomic E-state index is -0.987. The second-order valence-electron chi connectivity index (χ2n) is 11.4. The molecule has 43 heavy (non-hydrogen) atoms. The zero-order valence-corrected chi connectivity index (χ0v) is 25.9. The molecule has 0 bridgehead atoms. The van der Waals surface area contributed by atoms with Crippen LogP contribution in [-0.4, -0.2) is 83.3 Å². The van der Waals surface area contributed by atoms with Gasteiger partial charge in [0, 0.05) is 25.1 Å². The molecule has 2 amide bonds. The van der Waals surface area contributed by atoms with Crippen LogP contribution >= 0.6 is 0 Å². The summed E-state index contributed by atoms with van der Waals surface area (Å²) in [5.74, 6) is -1.29. The molecule has 11 heteroatoms. The number of piperazine rings is 1. The van der Waals surface area contributed by atoms with Crippen LogP contribution in [0.3, 0.4) is 0 Å². The SMILES string of the molecule is CCCCc1cc(C(=O)N[C@@H](CCC(=O)OC(C)(C)C)C(=O)N2CCN(OC(=O)OCC)CC2)nc(-c2ccccc2)c1. The largest absolute Gasteiger partial charge is 0.527 e. The molecule has 0 aliphatic carbocycles. The fourth-order valence-corrected chi connectivity index (χ4v) is 4.60. The lowest BCUT2D eigenvalue weighted by molar-refractivity contribution is -0.158. The van der Waals surface area contributed by atoms with Crippen molar-refractivity contribution in [3.05, 3.63) is 53.7 Å². The minimum absolute atomic E-state index is 0.0556. The van der Waals surface area contributed by atoms with Crippen molar-refractivity contribution < 1.29 is 33.5 Å². The van der Waals surface area contributed by atoms with E-state index in [1.165, 1.54) is 5.06 Å². The first-order chi connectivity index (χ1) is 20.5. The summed E-state index contributed by atoms with van der Waals surface area (Å²) < 4.78 is 10.3. The molecular formula is C32H44N4O7. The van der Waals surface area contributed by atoms with Crippen LogP contribution in [0.15, 0.2) is 42.5 Å². The lowest BCUT2D eigenvalue weighted by Crippen LogP contribution is -2.55. The van der Waals surface area contributed by atoms with E-state index in [-0.39, 0.29) is 57.2 Å². The van der Waals surface area contributed by atoms with Gasteiger partial charge in [-0.05, 0) is 64.7 Å². The number of carbonyl (C=O) groups is 4. The predicted octanol–water partition coefficient (Wildman–Crippen LogP) is 4.54. The van der Waals surface area contributed by atoms with Crippen LogP contribution in [0.5, 0.6) is 0 Å². The third-order valence-electron chi connectivity index (χ3n) is 6.68. The van der Waals surface area contributed by atoms with E-state index in [1.807, 2.05) is 36.4 Å². The van der Waals surface area contributed by atoms with Gasteiger partial charge in [0.2, 0.25) is 5.91 Å². The maximum atomic E-state index is 13.7. The molecule has 2 heterocycles. The number of carbonyl (C=O) groups excluding carboxylic acids is 4. The Morgan fingerprint density at radius 2 is 1.70 bits per heavy atom. The van der Waals surface area contributed by atoms with Gasteiger partial charge in [0.25, 0.3) is 5.91 Å². The number of nitrogens with one attached hydrogen (secondary N) is 1. The first-order valence-electron chi connectivity index (χ1n) is 15.0. The number of unbranched alkanes of at least 4 members (excludes halogenated alkanes) is 1. The van der Waals surface area contributed by atoms with Gasteiger partial charge in [-0.1, -0.05) is 43.7 Å². The first kappa shape index (κ1) is 33.5. The van der Waals surface area contributed by atoms with Crippen molar-refractivity contribution in [2.45, 2.75) is 78.4 Å². The number of hydroxylamine groups is 2. The molecular weight excluding hydrogens is 552 g/mol. The highest BCUT2D eigenvalue weighted by Gasteiger charge is 2.31. The van der Waals surface area contributed by atoms with Gasteiger partial charge < -0.3 is 24.5 Å². The Morgan fingerprint density at radius 3 is 2.33 bits per heavy atom. The minimum Gasteiger partial charge on any atom is -0.460 e. The average Bonchev–Trinajstić information content (AvgIpc) is 2.97. The van der Waals surface area contributed by atoms with Crippen LogP contribution in [0.4, 0.5) is 4.79 Å². The molecule has 1 N–H and O–H groups in total. The number of amides is 2. The summed E-state index contributed by atoms with van der Waals surface area (Å²) in [5.41, 5.74) is 2.07. The van der Waals surface area contributed by atoms with Gasteiger partial charge in [-0.25, -0.2) is 9.78 Å². The Hall–Kier alpha value is -3.99. The zero-order chi connectivity index (χ0) is 31.4. The molecule has 3 rings (SSSR count). The molecule has 1 aromatic carbocycles. The third kappa shape index (κ3) is 11.0. The molecule has 0 radical (unpaired) electrons. The van der Waals surface area contributed by atoms with Gasteiger partial charge in [0.1, 0.15) is 17.3 Å². The van der Waals surface area contributed by atoms with E-state index in [0.717, 1.165) is 30.4 Å². The van der Waals surface area contributed by atoms with Crippen LogP contribution in [0, 0.1) is 0 Å². The number of aryl methyl sites for hydroxylation is 1. The number of esters is 1. The van der Waals surface area contributed by atoms with Crippen LogP contribution in [0.1, 0.15) is 76.4 Å². The maximum absolute atomic E-state index is 13.7. The number of rotatable bonds is 12. The summed E-state index contributed by atoms with van der Waals surface area (Å²) in [6.07, 6.45) is 1.96. The van der Waals surface area contributed by atoms with Gasteiger partial charge >= 0.3 is 12.1 Å². The Kier molecular flexibility index (Phi) is 12.5. The van der Waals surface area contributed by atoms with Gasteiger partial charge in [0.15, 0.2) is 0 Å². The fraction of sp³-hybridized carbons (Fsp3) is 0.531. The van der Waals surface area contributed by atoms with E-state index in [1.54, 1.807) is 38.7 Å². The van der Waals surface area contributed by atoms with Gasteiger partial charge in [0.05, 0.1) is 25.4 Å². The van der Waals surface area contributed by atoms with Crippen molar-refractivity contribution in [1.29, 1.82) is 0 Å². The molecule has 1 aliphatic rings. The molecule has 1 saturated heterocycles. The van der Waals surface area contributed by atoms with Gasteiger partial charge in [-0.15, -0.1) is 5.06 Å². The molecule has 234 valence electrons. The lowest BCUT2D eigenvalue weighted by Gasteiger charge is -2.35. The summed E-state index contributed by atoms with van der Waals surface area (Å²) in [6, 6.07) is 12.4. The molecule has 0 saturated carbocycles. The van der Waals surface area contributed by atoms with Crippen LogP contribution in [0.25, 0.3) is 11.3 Å². The van der Waals surface area contributed by atoms with Gasteiger partial charge in [-0.3, -0.25) is 14.4 Å². The Morgan fingerprint density at radius 1 is 1.00 bits per heavy atom. The summed E-state index contributed by atoms with van der Waals surface area (Å²) in [4.78, 5) is 62.9. The zero-order valence-electron chi connectivity index (χ0n) is 25.9. The Balaban J connectivity index is 1.79. The first-order valence-corrected chi connectivity index (χ1v) is 15.0. The van der Waals surface area contributed by atoms with E-state index in [9.17, 15) is 19.2 Å². The van der Waals surface area contributed by atoms with E-state index in [4.69, 9.17) is 14.3 Å². The van der Waals surface area contributed by atoms with Crippen LogP contribution in [-0.2, 0) is 30.3 Å². The standard InChI is InChI=1S/C32H44N4O7/c1-6-8-12-23-21-26(24-13-10-9-11-14-24)33-27(22-23)29(38)34-25(15-16-28(37)42-32(3,4)5)30(39)35-17-19-36(20-18-35)43-31(40)41-7-2/h9-11,13-14,21-22,25H,6-8,12,15-20H2,1-5H3,(H,34,38)/t25-/m0/s1. The molecule has 0 unspecified atom stereocenters. The number of pyridine rings is 1. The number of nitrogens with zero attached hydrogens (tertiary/aromatic N) is 3. The molecule has 1 aliphatic heterocycles. The van der Waals surface area contributed by atoms with E-state index in [0.29, 0.717) is 5.69 Å². The quantitative estimate of drug-likeness (QED) is 0.351. The van der Waals surface area contributed by atoms with Crippen LogP contribution < -0.4 is 5.32 Å². The molecule has 1 atom stereocenters. The second-order valence-corrected chi connectivity index (χ2v) is 11.4. The molecule has 0 spiro atoms. The number of hydrogen-bond donors (Lipinski definition) is 1. The Labute approximate surface area is 253 Å². The predicted molar refractivity (Wildman–Crippen MR) is 161 cm³/mol. The monoisotopic (exact) mass is 596 g/mol. The lowest BCUT2D eigenvalue weighted by atomic mass is 10.0. The average molecular weight is 597 g/mol. The topological polar surface area (TPSA) is 127 Å². The highest BCUT2D eigenvalue weighted by atomic mass is 16.8. The van der Waals surface area contributed by atoms with Crippen molar-refractivity contribution >= 4 is 23.9 Å². The van der Waals surface area contributed by atoms with Gasteiger partial charge in [-0.2, -0.15) is 0 Å². The highest BCUT2D eigenvalue weighted by molar-refractivity contribution is 5.97. The normalized spacial score (nSPS) is 14.5. The maximum Gasteiger partial charge on any atom is 0.527 e. The fourth-order valence-electron chi connectivity index (χ4n) is 4.60. The Bertz CT molecular complexity index is 1240. The summed E-state index contributed by atoms with van der Waals surface area (Å²) in [7, 11) is 0. The number of aromatic nitrogens is 1. The van der Waals surface area contributed by atoms with E-state index in [2.05, 4.69) is 17.2 Å². The van der Waals surface area contributed by atoms with E-state index >= 15 is 0 Å². The number of hydrogen-bond acceptors (Lipinski definition) is 9. The number of ether oxygens (including phenoxy) is 2. The summed E-state index contributed by atoms with van der Waals surface area (Å²) in [6.45, 7) is 10.4. The van der Waals surface area contributed by atoms with Crippen molar-refractivity contribution in [2.24, 2.45) is 0 Å². The third-order valence-corrected chi connectivity index (χ3v) is 6.68. The van der Waals surface area contributed by atoms with Crippen molar-refractivity contribution in [1.82, 2.24) is 20.3 Å². The number of benzene rings is 1. The molecule has 11 nitrogen and oxygen atoms in total. The highest BCUT2D eigenvalue weighted by Crippen LogP contribution is 2.21. The second kappa shape index (κ2) is 16.0. The molecule has 1 fully saturated rings. The molecule has 2 aromatic rings. The van der Waals surface area contributed by atoms with Crippen molar-refractivity contribution in [3.63, 3.8) is 0 Å². The van der Waals surface area contributed by atoms with Crippen LogP contribution in [0.2, 0.25) is 0 Å². The smallest absolute Gasteiger partial charge is 0.460 e. The summed E-state index contributed by atoms with van der Waals surface area (Å²) in [5, 5.41) is 4.29.